The molecule has 0 aromatic heterocycles. The summed E-state index contributed by atoms with van der Waals surface area (Å²) in [5.74, 6) is 1.11. The highest BCUT2D eigenvalue weighted by Crippen LogP contribution is 2.26. The van der Waals surface area contributed by atoms with E-state index in [1.807, 2.05) is 32.9 Å². The first kappa shape index (κ1) is 18.7. The van der Waals surface area contributed by atoms with Crippen LogP contribution < -0.4 is 9.47 Å². The molecule has 0 amide bonds. The number of esters is 1. The average molecular weight is 340 g/mol. The summed E-state index contributed by atoms with van der Waals surface area (Å²) in [6.45, 7) is 7.83. The quantitative estimate of drug-likeness (QED) is 0.320. The van der Waals surface area contributed by atoms with Crippen molar-refractivity contribution in [1.29, 1.82) is 0 Å². The average Bonchev–Trinajstić information content (AvgIpc) is 2.59. The molecular weight excluding hydrogens is 316 g/mol. The van der Waals surface area contributed by atoms with Crippen molar-refractivity contribution < 1.29 is 19.1 Å². The van der Waals surface area contributed by atoms with Crippen LogP contribution in [0.5, 0.6) is 11.5 Å². The first-order valence-electron chi connectivity index (χ1n) is 8.39. The summed E-state index contributed by atoms with van der Waals surface area (Å²) >= 11 is 0. The van der Waals surface area contributed by atoms with Crippen LogP contribution in [0.2, 0.25) is 0 Å². The highest BCUT2D eigenvalue weighted by Gasteiger charge is 2.11. The molecular formula is C21H24O4. The molecule has 0 fully saturated rings. The van der Waals surface area contributed by atoms with Gasteiger partial charge in [0.25, 0.3) is 0 Å². The van der Waals surface area contributed by atoms with Gasteiger partial charge in [0.05, 0.1) is 6.61 Å². The molecule has 0 unspecified atom stereocenters. The number of ketones is 1. The van der Waals surface area contributed by atoms with Crippen molar-refractivity contribution in [1.82, 2.24) is 0 Å². The maximum atomic E-state index is 12.0. The Morgan fingerprint density at radius 2 is 1.56 bits per heavy atom. The number of ether oxygens (including phenoxy) is 2. The fraction of sp³-hybridized carbons (Fsp3) is 0.333. The molecule has 132 valence electrons. The SMILES string of the molecule is CC(=O)c1ccc(OCCCC(=O)Oc2c(C)ccc(C)c2C)cc1. The molecule has 0 atom stereocenters. The van der Waals surface area contributed by atoms with Gasteiger partial charge >= 0.3 is 5.97 Å². The molecule has 4 heteroatoms. The van der Waals surface area contributed by atoms with Crippen molar-refractivity contribution >= 4 is 11.8 Å². The molecule has 0 saturated carbocycles. The predicted molar refractivity (Wildman–Crippen MR) is 97.5 cm³/mol. The van der Waals surface area contributed by atoms with Crippen molar-refractivity contribution in [2.75, 3.05) is 6.61 Å². The van der Waals surface area contributed by atoms with Gasteiger partial charge in [-0.15, -0.1) is 0 Å². The van der Waals surface area contributed by atoms with Crippen molar-refractivity contribution in [2.45, 2.75) is 40.5 Å². The van der Waals surface area contributed by atoms with Gasteiger partial charge in [-0.2, -0.15) is 0 Å². The second-order valence-corrected chi connectivity index (χ2v) is 6.16. The van der Waals surface area contributed by atoms with E-state index in [-0.39, 0.29) is 11.8 Å². The Labute approximate surface area is 148 Å². The maximum absolute atomic E-state index is 12.0. The lowest BCUT2D eigenvalue weighted by molar-refractivity contribution is -0.134. The number of hydrogen-bond acceptors (Lipinski definition) is 4. The number of hydrogen-bond donors (Lipinski definition) is 0. The van der Waals surface area contributed by atoms with E-state index < -0.39 is 0 Å². The molecule has 2 rings (SSSR count). The first-order chi connectivity index (χ1) is 11.9. The predicted octanol–water partition coefficient (Wildman–Crippen LogP) is 4.58. The third-order valence-electron chi connectivity index (χ3n) is 4.14. The molecule has 0 aliphatic heterocycles. The smallest absolute Gasteiger partial charge is 0.311 e. The van der Waals surface area contributed by atoms with E-state index in [4.69, 9.17) is 9.47 Å². The van der Waals surface area contributed by atoms with Gasteiger partial charge in [-0.1, -0.05) is 12.1 Å². The van der Waals surface area contributed by atoms with Gasteiger partial charge in [-0.25, -0.2) is 0 Å². The number of aryl methyl sites for hydroxylation is 2. The summed E-state index contributed by atoms with van der Waals surface area (Å²) in [6.07, 6.45) is 0.857. The number of carbonyl (C=O) groups is 2. The van der Waals surface area contributed by atoms with Crippen LogP contribution in [0.25, 0.3) is 0 Å². The summed E-state index contributed by atoms with van der Waals surface area (Å²) in [7, 11) is 0. The van der Waals surface area contributed by atoms with Gasteiger partial charge in [0, 0.05) is 12.0 Å². The van der Waals surface area contributed by atoms with Crippen LogP contribution in [0.3, 0.4) is 0 Å². The van der Waals surface area contributed by atoms with E-state index in [0.29, 0.717) is 36.5 Å². The van der Waals surface area contributed by atoms with E-state index in [9.17, 15) is 9.59 Å². The van der Waals surface area contributed by atoms with Gasteiger partial charge in [0.15, 0.2) is 5.78 Å². The third kappa shape index (κ3) is 5.18. The standard InChI is InChI=1S/C21H24O4/c1-14-7-8-15(2)21(16(14)3)25-20(23)6-5-13-24-19-11-9-18(10-12-19)17(4)22/h7-12H,5-6,13H2,1-4H3. The largest absolute Gasteiger partial charge is 0.494 e. The fourth-order valence-corrected chi connectivity index (χ4v) is 2.44. The molecule has 0 aliphatic carbocycles. The molecule has 0 spiro atoms. The Bertz CT molecular complexity index is 760. The number of carbonyl (C=O) groups excluding carboxylic acids is 2. The van der Waals surface area contributed by atoms with Crippen molar-refractivity contribution in [3.05, 3.63) is 58.7 Å². The Hall–Kier alpha value is -2.62. The van der Waals surface area contributed by atoms with E-state index >= 15 is 0 Å². The summed E-state index contributed by atoms with van der Waals surface area (Å²) in [5.41, 5.74) is 3.71. The van der Waals surface area contributed by atoms with Gasteiger partial charge < -0.3 is 9.47 Å². The summed E-state index contributed by atoms with van der Waals surface area (Å²) < 4.78 is 11.1. The Balaban J connectivity index is 1.79. The van der Waals surface area contributed by atoms with Crippen LogP contribution in [0.15, 0.2) is 36.4 Å². The van der Waals surface area contributed by atoms with E-state index in [0.717, 1.165) is 16.7 Å². The van der Waals surface area contributed by atoms with Crippen LogP contribution in [0, 0.1) is 20.8 Å². The molecule has 0 aliphatic rings. The van der Waals surface area contributed by atoms with E-state index in [1.54, 1.807) is 24.3 Å². The van der Waals surface area contributed by atoms with Crippen molar-refractivity contribution in [3.63, 3.8) is 0 Å². The Morgan fingerprint density at radius 1 is 0.920 bits per heavy atom. The first-order valence-corrected chi connectivity index (χ1v) is 8.39. The van der Waals surface area contributed by atoms with Crippen LogP contribution >= 0.6 is 0 Å². The fourth-order valence-electron chi connectivity index (χ4n) is 2.44. The molecule has 0 bridgehead atoms. The second-order valence-electron chi connectivity index (χ2n) is 6.16. The van der Waals surface area contributed by atoms with Crippen molar-refractivity contribution in [3.8, 4) is 11.5 Å². The summed E-state index contributed by atoms with van der Waals surface area (Å²) in [6, 6.07) is 11.0. The van der Waals surface area contributed by atoms with Gasteiger partial charge in [-0.3, -0.25) is 9.59 Å². The topological polar surface area (TPSA) is 52.6 Å². The molecule has 4 nitrogen and oxygen atoms in total. The zero-order valence-electron chi connectivity index (χ0n) is 15.2. The molecule has 2 aromatic rings. The summed E-state index contributed by atoms with van der Waals surface area (Å²) in [5, 5.41) is 0. The molecule has 2 aromatic carbocycles. The number of rotatable bonds is 7. The third-order valence-corrected chi connectivity index (χ3v) is 4.14. The van der Waals surface area contributed by atoms with Gasteiger partial charge in [0.2, 0.25) is 0 Å². The number of benzene rings is 2. The number of Topliss-reactive ketones (excluding diaryl/α,β-unsaturated/α-hetero) is 1. The van der Waals surface area contributed by atoms with Crippen LogP contribution in [-0.4, -0.2) is 18.4 Å². The van der Waals surface area contributed by atoms with Crippen LogP contribution in [0.4, 0.5) is 0 Å². The monoisotopic (exact) mass is 340 g/mol. The Kier molecular flexibility index (Phi) is 6.34. The normalized spacial score (nSPS) is 10.4. The lowest BCUT2D eigenvalue weighted by Gasteiger charge is -2.12. The Morgan fingerprint density at radius 3 is 2.20 bits per heavy atom. The minimum Gasteiger partial charge on any atom is -0.494 e. The van der Waals surface area contributed by atoms with E-state index in [1.165, 1.54) is 6.92 Å². The highest BCUT2D eigenvalue weighted by atomic mass is 16.5. The molecule has 0 N–H and O–H groups in total. The molecule has 25 heavy (non-hydrogen) atoms. The highest BCUT2D eigenvalue weighted by molar-refractivity contribution is 5.94. The minimum atomic E-state index is -0.257. The zero-order chi connectivity index (χ0) is 18.4. The summed E-state index contributed by atoms with van der Waals surface area (Å²) in [4.78, 5) is 23.3. The van der Waals surface area contributed by atoms with Gasteiger partial charge in [0.1, 0.15) is 11.5 Å². The van der Waals surface area contributed by atoms with E-state index in [2.05, 4.69) is 0 Å². The maximum Gasteiger partial charge on any atom is 0.311 e. The van der Waals surface area contributed by atoms with Crippen molar-refractivity contribution in [2.24, 2.45) is 0 Å². The minimum absolute atomic E-state index is 0.0241. The van der Waals surface area contributed by atoms with Crippen LogP contribution in [0.1, 0.15) is 46.8 Å². The molecule has 0 heterocycles. The molecule has 0 saturated heterocycles. The lowest BCUT2D eigenvalue weighted by Crippen LogP contribution is -2.11. The second kappa shape index (κ2) is 8.47. The lowest BCUT2D eigenvalue weighted by atomic mass is 10.1. The van der Waals surface area contributed by atoms with Gasteiger partial charge in [-0.05, 0) is 75.1 Å². The zero-order valence-corrected chi connectivity index (χ0v) is 15.2. The molecule has 0 radical (unpaired) electrons. The van der Waals surface area contributed by atoms with Crippen LogP contribution in [-0.2, 0) is 4.79 Å².